The van der Waals surface area contributed by atoms with Crippen LogP contribution in [0.4, 0.5) is 0 Å². The zero-order chi connectivity index (χ0) is 19.5. The molecule has 1 fully saturated rings. The Bertz CT molecular complexity index is 862. The van der Waals surface area contributed by atoms with Gasteiger partial charge in [0.25, 0.3) is 0 Å². The Morgan fingerprint density at radius 3 is 2.04 bits per heavy atom. The third-order valence-corrected chi connectivity index (χ3v) is 6.06. The summed E-state index contributed by atoms with van der Waals surface area (Å²) >= 11 is 0. The highest BCUT2D eigenvalue weighted by atomic mass is 16.4. The number of carbonyl (C=O) groups is 2. The molecule has 0 radical (unpaired) electrons. The molecule has 2 aromatic carbocycles. The molecular formula is C24H24NO3-. The van der Waals surface area contributed by atoms with Crippen LogP contribution in [0, 0.1) is 23.7 Å². The summed E-state index contributed by atoms with van der Waals surface area (Å²) in [7, 11) is 0. The van der Waals surface area contributed by atoms with Crippen molar-refractivity contribution in [2.75, 3.05) is 6.54 Å². The Morgan fingerprint density at radius 1 is 0.857 bits per heavy atom. The Labute approximate surface area is 165 Å². The first kappa shape index (κ1) is 18.5. The second-order valence-electron chi connectivity index (χ2n) is 7.80. The van der Waals surface area contributed by atoms with Gasteiger partial charge in [-0.3, -0.25) is 4.79 Å². The van der Waals surface area contributed by atoms with E-state index in [2.05, 4.69) is 12.1 Å². The van der Waals surface area contributed by atoms with Gasteiger partial charge in [-0.2, -0.15) is 0 Å². The minimum atomic E-state index is -1.10. The molecule has 0 aliphatic heterocycles. The molecule has 0 heterocycles. The summed E-state index contributed by atoms with van der Waals surface area (Å²) in [5, 5.41) is 11.8. The van der Waals surface area contributed by atoms with Crippen LogP contribution in [0.15, 0.2) is 72.8 Å². The summed E-state index contributed by atoms with van der Waals surface area (Å²) in [5.74, 6) is -2.45. The van der Waals surface area contributed by atoms with Crippen LogP contribution in [0.2, 0.25) is 0 Å². The van der Waals surface area contributed by atoms with E-state index in [9.17, 15) is 14.7 Å². The molecule has 0 saturated heterocycles. The van der Waals surface area contributed by atoms with E-state index in [1.807, 2.05) is 65.6 Å². The van der Waals surface area contributed by atoms with Gasteiger partial charge in [0.1, 0.15) is 0 Å². The van der Waals surface area contributed by atoms with Gasteiger partial charge in [0, 0.05) is 25.0 Å². The van der Waals surface area contributed by atoms with Crippen LogP contribution in [0.1, 0.15) is 17.5 Å². The number of amides is 1. The van der Waals surface area contributed by atoms with Gasteiger partial charge in [0.05, 0.1) is 5.92 Å². The molecule has 4 atom stereocenters. The van der Waals surface area contributed by atoms with Crippen molar-refractivity contribution in [3.63, 3.8) is 0 Å². The summed E-state index contributed by atoms with van der Waals surface area (Å²) in [5.41, 5.74) is 2.21. The Hall–Kier alpha value is -2.88. The predicted molar refractivity (Wildman–Crippen MR) is 105 cm³/mol. The van der Waals surface area contributed by atoms with Gasteiger partial charge in [0.2, 0.25) is 5.91 Å². The summed E-state index contributed by atoms with van der Waals surface area (Å²) in [6.45, 7) is 1.05. The van der Waals surface area contributed by atoms with Crippen molar-refractivity contribution in [3.8, 4) is 0 Å². The van der Waals surface area contributed by atoms with Gasteiger partial charge in [-0.15, -0.1) is 0 Å². The number of rotatable bonds is 7. The van der Waals surface area contributed by atoms with E-state index in [-0.39, 0.29) is 17.7 Å². The van der Waals surface area contributed by atoms with E-state index in [1.165, 1.54) is 0 Å². The van der Waals surface area contributed by atoms with E-state index in [0.29, 0.717) is 13.1 Å². The summed E-state index contributed by atoms with van der Waals surface area (Å²) < 4.78 is 0. The van der Waals surface area contributed by atoms with Crippen molar-refractivity contribution in [2.45, 2.75) is 19.4 Å². The molecular weight excluding hydrogens is 350 g/mol. The monoisotopic (exact) mass is 374 g/mol. The van der Waals surface area contributed by atoms with E-state index in [0.717, 1.165) is 24.0 Å². The number of carboxylic acid groups (broad SMARTS) is 1. The zero-order valence-electron chi connectivity index (χ0n) is 15.7. The van der Waals surface area contributed by atoms with Crippen LogP contribution in [0.25, 0.3) is 0 Å². The Morgan fingerprint density at radius 2 is 1.43 bits per heavy atom. The van der Waals surface area contributed by atoms with Crippen molar-refractivity contribution in [1.29, 1.82) is 0 Å². The van der Waals surface area contributed by atoms with Gasteiger partial charge in [0.15, 0.2) is 0 Å². The second-order valence-corrected chi connectivity index (χ2v) is 7.80. The summed E-state index contributed by atoms with van der Waals surface area (Å²) in [6, 6.07) is 19.9. The van der Waals surface area contributed by atoms with Crippen LogP contribution in [0.5, 0.6) is 0 Å². The molecule has 4 heteroatoms. The molecule has 144 valence electrons. The molecule has 0 aromatic heterocycles. The number of hydrogen-bond acceptors (Lipinski definition) is 3. The third kappa shape index (κ3) is 3.72. The fourth-order valence-electron chi connectivity index (χ4n) is 4.67. The van der Waals surface area contributed by atoms with Crippen molar-refractivity contribution in [3.05, 3.63) is 83.9 Å². The molecule has 4 nitrogen and oxygen atoms in total. The lowest BCUT2D eigenvalue weighted by molar-refractivity contribution is -0.313. The number of carbonyl (C=O) groups excluding carboxylic acids is 2. The van der Waals surface area contributed by atoms with Crippen LogP contribution in [-0.2, 0) is 22.6 Å². The maximum Gasteiger partial charge on any atom is 0.227 e. The number of benzene rings is 2. The summed E-state index contributed by atoms with van der Waals surface area (Å²) in [4.78, 5) is 27.1. The lowest BCUT2D eigenvalue weighted by atomic mass is 9.82. The highest BCUT2D eigenvalue weighted by molar-refractivity contribution is 5.86. The van der Waals surface area contributed by atoms with E-state index in [1.54, 1.807) is 0 Å². The molecule has 1 amide bonds. The second kappa shape index (κ2) is 8.01. The zero-order valence-corrected chi connectivity index (χ0v) is 15.7. The standard InChI is InChI=1S/C24H25NO3/c26-23(21-19-11-12-20(15-19)22(21)24(27)28)25(16-18-9-5-2-6-10-18)14-13-17-7-3-1-4-8-17/h1-12,19-22H,13-16H2,(H,27,28)/p-1/t19-,20-,21-,22+/m0/s1. The fraction of sp³-hybridized carbons (Fsp3) is 0.333. The van der Waals surface area contributed by atoms with Crippen LogP contribution in [0.3, 0.4) is 0 Å². The summed E-state index contributed by atoms with van der Waals surface area (Å²) in [6.07, 6.45) is 5.45. The maximum absolute atomic E-state index is 13.5. The highest BCUT2D eigenvalue weighted by Gasteiger charge is 2.49. The minimum absolute atomic E-state index is 0.00963. The highest BCUT2D eigenvalue weighted by Crippen LogP contribution is 2.48. The van der Waals surface area contributed by atoms with E-state index < -0.39 is 17.8 Å². The van der Waals surface area contributed by atoms with Crippen molar-refractivity contribution in [1.82, 2.24) is 4.90 Å². The number of allylic oxidation sites excluding steroid dienone is 2. The van der Waals surface area contributed by atoms with E-state index in [4.69, 9.17) is 0 Å². The van der Waals surface area contributed by atoms with Crippen LogP contribution >= 0.6 is 0 Å². The topological polar surface area (TPSA) is 60.4 Å². The molecule has 28 heavy (non-hydrogen) atoms. The van der Waals surface area contributed by atoms with Crippen LogP contribution in [-0.4, -0.2) is 23.3 Å². The molecule has 1 saturated carbocycles. The van der Waals surface area contributed by atoms with Gasteiger partial charge < -0.3 is 14.8 Å². The normalized spacial score (nSPS) is 25.0. The lowest BCUT2D eigenvalue weighted by Crippen LogP contribution is -2.46. The number of carboxylic acids is 1. The Balaban J connectivity index is 1.56. The largest absolute Gasteiger partial charge is 0.550 e. The van der Waals surface area contributed by atoms with Crippen molar-refractivity contribution < 1.29 is 14.7 Å². The van der Waals surface area contributed by atoms with Crippen molar-refractivity contribution >= 4 is 11.9 Å². The quantitative estimate of drug-likeness (QED) is 0.700. The molecule has 4 rings (SSSR count). The first-order valence-corrected chi connectivity index (χ1v) is 9.89. The van der Waals surface area contributed by atoms with Gasteiger partial charge in [-0.1, -0.05) is 72.8 Å². The first-order chi connectivity index (χ1) is 13.6. The van der Waals surface area contributed by atoms with E-state index >= 15 is 0 Å². The fourth-order valence-corrected chi connectivity index (χ4v) is 4.67. The van der Waals surface area contributed by atoms with Gasteiger partial charge in [-0.05, 0) is 35.8 Å². The third-order valence-electron chi connectivity index (χ3n) is 6.06. The van der Waals surface area contributed by atoms with Gasteiger partial charge in [-0.25, -0.2) is 0 Å². The average molecular weight is 374 g/mol. The smallest absolute Gasteiger partial charge is 0.227 e. The molecule has 0 N–H and O–H groups in total. The van der Waals surface area contributed by atoms with Gasteiger partial charge >= 0.3 is 0 Å². The van der Waals surface area contributed by atoms with Crippen LogP contribution < -0.4 is 5.11 Å². The first-order valence-electron chi connectivity index (χ1n) is 9.89. The lowest BCUT2D eigenvalue weighted by Gasteiger charge is -2.33. The number of hydrogen-bond donors (Lipinski definition) is 0. The molecule has 2 aliphatic rings. The van der Waals surface area contributed by atoms with Crippen molar-refractivity contribution in [2.24, 2.45) is 23.7 Å². The molecule has 0 spiro atoms. The SMILES string of the molecule is O=C([O-])[C@H]1[C@@H](C(=O)N(CCc2ccccc2)Cc2ccccc2)[C@H]2C=C[C@H]1C2. The number of aliphatic carboxylic acids is 1. The average Bonchev–Trinajstić information content (AvgIpc) is 3.34. The Kier molecular flexibility index (Phi) is 5.29. The number of nitrogens with zero attached hydrogens (tertiary/aromatic N) is 1. The molecule has 2 aromatic rings. The predicted octanol–water partition coefficient (Wildman–Crippen LogP) is 2.45. The molecule has 0 unspecified atom stereocenters. The minimum Gasteiger partial charge on any atom is -0.550 e. The number of fused-ring (bicyclic) bond motifs is 2. The maximum atomic E-state index is 13.5. The molecule has 2 aliphatic carbocycles. The molecule has 2 bridgehead atoms.